The molecule has 7 nitrogen and oxygen atoms in total. The Morgan fingerprint density at radius 1 is 1.25 bits per heavy atom. The Balaban J connectivity index is 1.69. The van der Waals surface area contributed by atoms with Gasteiger partial charge in [-0.25, -0.2) is 0 Å². The molecule has 3 aromatic rings. The minimum atomic E-state index is -0.494. The number of fused-ring (bicyclic) bond motifs is 4. The number of para-hydroxylation sites is 1. The third-order valence-electron chi connectivity index (χ3n) is 5.38. The number of nitrogens with one attached hydrogen (secondary N) is 2. The van der Waals surface area contributed by atoms with E-state index in [0.717, 1.165) is 34.0 Å². The van der Waals surface area contributed by atoms with Crippen molar-refractivity contribution in [3.8, 4) is 11.5 Å². The first-order valence-corrected chi connectivity index (χ1v) is 9.01. The second kappa shape index (κ2) is 6.38. The summed E-state index contributed by atoms with van der Waals surface area (Å²) in [6.07, 6.45) is 1.28. The molecule has 142 valence electrons. The zero-order chi connectivity index (χ0) is 19.3. The average Bonchev–Trinajstić information content (AvgIpc) is 3.36. The van der Waals surface area contributed by atoms with Crippen LogP contribution in [0.15, 0.2) is 36.4 Å². The van der Waals surface area contributed by atoms with Gasteiger partial charge in [-0.15, -0.1) is 0 Å². The van der Waals surface area contributed by atoms with Crippen LogP contribution in [-0.2, 0) is 16.0 Å². The number of rotatable bonds is 3. The standard InChI is InChI=1S/C21H18N2O5/c1-26-21(25)16-8-14-13-4-2-3-5-15(13)22-19(14)18(23-16)11-6-12(9-24)20-17(7-11)27-10-28-20/h2-7,9,16,18,22-23H,8,10H2,1H3/t16-,18-/m1/s1. The maximum Gasteiger partial charge on any atom is 0.323 e. The first-order chi connectivity index (χ1) is 13.7. The van der Waals surface area contributed by atoms with Crippen molar-refractivity contribution in [2.24, 2.45) is 0 Å². The number of aromatic amines is 1. The number of hydrogen-bond donors (Lipinski definition) is 2. The molecule has 0 spiro atoms. The predicted molar refractivity (Wildman–Crippen MR) is 101 cm³/mol. The number of carbonyl (C=O) groups is 2. The van der Waals surface area contributed by atoms with Gasteiger partial charge < -0.3 is 19.2 Å². The highest BCUT2D eigenvalue weighted by molar-refractivity contribution is 5.88. The van der Waals surface area contributed by atoms with Crippen LogP contribution in [0.25, 0.3) is 10.9 Å². The molecule has 7 heteroatoms. The Hall–Kier alpha value is -3.32. The summed E-state index contributed by atoms with van der Waals surface area (Å²) in [7, 11) is 1.38. The molecule has 0 amide bonds. The largest absolute Gasteiger partial charge is 0.468 e. The number of aldehydes is 1. The van der Waals surface area contributed by atoms with Crippen molar-refractivity contribution in [3.05, 3.63) is 58.8 Å². The topological polar surface area (TPSA) is 89.7 Å². The van der Waals surface area contributed by atoms with E-state index < -0.39 is 6.04 Å². The molecule has 2 N–H and O–H groups in total. The number of benzene rings is 2. The molecule has 0 aliphatic carbocycles. The maximum atomic E-state index is 12.3. The molecule has 5 rings (SSSR count). The van der Waals surface area contributed by atoms with Gasteiger partial charge in [0.05, 0.1) is 18.7 Å². The van der Waals surface area contributed by atoms with Crippen molar-refractivity contribution in [2.75, 3.05) is 13.9 Å². The summed E-state index contributed by atoms with van der Waals surface area (Å²) in [6, 6.07) is 10.8. The Morgan fingerprint density at radius 2 is 2.11 bits per heavy atom. The maximum absolute atomic E-state index is 12.3. The Bertz CT molecular complexity index is 1100. The number of H-pyrrole nitrogens is 1. The van der Waals surface area contributed by atoms with Gasteiger partial charge in [0.15, 0.2) is 17.8 Å². The van der Waals surface area contributed by atoms with Gasteiger partial charge in [-0.1, -0.05) is 18.2 Å². The summed E-state index contributed by atoms with van der Waals surface area (Å²) in [5, 5.41) is 4.44. The quantitative estimate of drug-likeness (QED) is 0.538. The molecule has 0 unspecified atom stereocenters. The highest BCUT2D eigenvalue weighted by Gasteiger charge is 2.35. The molecular weight excluding hydrogens is 360 g/mol. The molecular formula is C21H18N2O5. The van der Waals surface area contributed by atoms with E-state index in [1.165, 1.54) is 7.11 Å². The van der Waals surface area contributed by atoms with Crippen LogP contribution in [0.5, 0.6) is 11.5 Å². The molecule has 0 bridgehead atoms. The van der Waals surface area contributed by atoms with Crippen LogP contribution in [0.1, 0.15) is 33.2 Å². The van der Waals surface area contributed by atoms with Gasteiger partial charge in [-0.3, -0.25) is 14.9 Å². The van der Waals surface area contributed by atoms with E-state index in [1.807, 2.05) is 30.3 Å². The molecule has 2 aliphatic rings. The van der Waals surface area contributed by atoms with Gasteiger partial charge in [0.1, 0.15) is 6.04 Å². The Kier molecular flexibility index (Phi) is 3.84. The highest BCUT2D eigenvalue weighted by Crippen LogP contribution is 2.41. The number of esters is 1. The molecule has 28 heavy (non-hydrogen) atoms. The molecule has 2 aliphatic heterocycles. The molecule has 0 saturated carbocycles. The van der Waals surface area contributed by atoms with Crippen LogP contribution >= 0.6 is 0 Å². The summed E-state index contributed by atoms with van der Waals surface area (Å²) < 4.78 is 15.9. The normalized spacial score (nSPS) is 20.0. The highest BCUT2D eigenvalue weighted by atomic mass is 16.7. The number of hydrogen-bond acceptors (Lipinski definition) is 6. The molecule has 3 heterocycles. The van der Waals surface area contributed by atoms with Crippen LogP contribution < -0.4 is 14.8 Å². The van der Waals surface area contributed by atoms with E-state index in [0.29, 0.717) is 23.5 Å². The fourth-order valence-electron chi connectivity index (χ4n) is 4.11. The molecule has 0 fully saturated rings. The molecule has 1 aromatic heterocycles. The lowest BCUT2D eigenvalue weighted by atomic mass is 9.89. The van der Waals surface area contributed by atoms with Gasteiger partial charge in [0, 0.05) is 23.0 Å². The first kappa shape index (κ1) is 16.8. The van der Waals surface area contributed by atoms with Crippen LogP contribution in [-0.4, -0.2) is 37.2 Å². The zero-order valence-electron chi connectivity index (χ0n) is 15.2. The van der Waals surface area contributed by atoms with Gasteiger partial charge in [-0.2, -0.15) is 0 Å². The van der Waals surface area contributed by atoms with Crippen molar-refractivity contribution in [2.45, 2.75) is 18.5 Å². The van der Waals surface area contributed by atoms with E-state index in [2.05, 4.69) is 10.3 Å². The lowest BCUT2D eigenvalue weighted by molar-refractivity contribution is -0.143. The first-order valence-electron chi connectivity index (χ1n) is 9.01. The van der Waals surface area contributed by atoms with Crippen molar-refractivity contribution >= 4 is 23.2 Å². The van der Waals surface area contributed by atoms with Crippen LogP contribution in [0.2, 0.25) is 0 Å². The fraction of sp³-hybridized carbons (Fsp3) is 0.238. The van der Waals surface area contributed by atoms with E-state index in [9.17, 15) is 9.59 Å². The van der Waals surface area contributed by atoms with Crippen LogP contribution in [0.4, 0.5) is 0 Å². The predicted octanol–water partition coefficient (Wildman–Crippen LogP) is 2.49. The smallest absolute Gasteiger partial charge is 0.323 e. The lowest BCUT2D eigenvalue weighted by Crippen LogP contribution is -2.45. The molecule has 0 saturated heterocycles. The van der Waals surface area contributed by atoms with Crippen LogP contribution in [0.3, 0.4) is 0 Å². The second-order valence-corrected chi connectivity index (χ2v) is 6.90. The van der Waals surface area contributed by atoms with Crippen molar-refractivity contribution in [3.63, 3.8) is 0 Å². The van der Waals surface area contributed by atoms with Crippen molar-refractivity contribution in [1.29, 1.82) is 0 Å². The monoisotopic (exact) mass is 378 g/mol. The SMILES string of the molecule is COC(=O)[C@H]1Cc2c([nH]c3ccccc23)[C@@H](c2cc(C=O)c3c(c2)OCO3)N1. The Labute approximate surface area is 160 Å². The minimum Gasteiger partial charge on any atom is -0.468 e. The average molecular weight is 378 g/mol. The van der Waals surface area contributed by atoms with E-state index in [4.69, 9.17) is 14.2 Å². The van der Waals surface area contributed by atoms with E-state index >= 15 is 0 Å². The summed E-state index contributed by atoms with van der Waals surface area (Å²) in [4.78, 5) is 27.4. The molecule has 2 aromatic carbocycles. The summed E-state index contributed by atoms with van der Waals surface area (Å²) >= 11 is 0. The van der Waals surface area contributed by atoms with Gasteiger partial charge in [-0.05, 0) is 29.3 Å². The summed E-state index contributed by atoms with van der Waals surface area (Å²) in [6.45, 7) is 0.0835. The van der Waals surface area contributed by atoms with E-state index in [-0.39, 0.29) is 18.8 Å². The molecule has 0 radical (unpaired) electrons. The third kappa shape index (κ3) is 2.47. The summed E-state index contributed by atoms with van der Waals surface area (Å²) in [5.41, 5.74) is 4.27. The number of aromatic nitrogens is 1. The van der Waals surface area contributed by atoms with Crippen LogP contribution in [0, 0.1) is 0 Å². The van der Waals surface area contributed by atoms with E-state index in [1.54, 1.807) is 6.07 Å². The minimum absolute atomic E-state index is 0.0835. The third-order valence-corrected chi connectivity index (χ3v) is 5.38. The molecule has 2 atom stereocenters. The van der Waals surface area contributed by atoms with Gasteiger partial charge in [0.25, 0.3) is 0 Å². The summed E-state index contributed by atoms with van der Waals surface area (Å²) in [5.74, 6) is 0.660. The Morgan fingerprint density at radius 3 is 2.93 bits per heavy atom. The number of ether oxygens (including phenoxy) is 3. The second-order valence-electron chi connectivity index (χ2n) is 6.90. The van der Waals surface area contributed by atoms with Gasteiger partial charge >= 0.3 is 5.97 Å². The fourth-order valence-corrected chi connectivity index (χ4v) is 4.11. The number of methoxy groups -OCH3 is 1. The zero-order valence-corrected chi connectivity index (χ0v) is 15.2. The number of carbonyl (C=O) groups excluding carboxylic acids is 2. The van der Waals surface area contributed by atoms with Gasteiger partial charge in [0.2, 0.25) is 6.79 Å². The van der Waals surface area contributed by atoms with Crippen molar-refractivity contribution in [1.82, 2.24) is 10.3 Å². The van der Waals surface area contributed by atoms with Crippen molar-refractivity contribution < 1.29 is 23.8 Å². The lowest BCUT2D eigenvalue weighted by Gasteiger charge is -2.30.